The number of alkyl carbamates (subject to hydrolysis) is 1. The van der Waals surface area contributed by atoms with Gasteiger partial charge in [-0.15, -0.1) is 0 Å². The third-order valence-corrected chi connectivity index (χ3v) is 10.5. The summed E-state index contributed by atoms with van der Waals surface area (Å²) in [5.41, 5.74) is 4.17. The van der Waals surface area contributed by atoms with Crippen molar-refractivity contribution in [1.82, 2.24) is 35.1 Å². The van der Waals surface area contributed by atoms with Gasteiger partial charge in [-0.05, 0) is 47.2 Å². The summed E-state index contributed by atoms with van der Waals surface area (Å²) in [6.45, 7) is 7.52. The lowest BCUT2D eigenvalue weighted by Gasteiger charge is -2.29. The molecule has 56 heavy (non-hydrogen) atoms. The number of carbonyl (C=O) groups excluding carboxylic acids is 3. The number of nitrogens with one attached hydrogen (secondary N) is 3. The first-order valence-electron chi connectivity index (χ1n) is 18.5. The molecule has 15 heteroatoms. The summed E-state index contributed by atoms with van der Waals surface area (Å²) in [5.74, 6) is -1.08. The minimum absolute atomic E-state index is 0.0158. The van der Waals surface area contributed by atoms with Gasteiger partial charge in [-0.1, -0.05) is 70.7 Å². The van der Waals surface area contributed by atoms with E-state index in [4.69, 9.17) is 0 Å². The van der Waals surface area contributed by atoms with Gasteiger partial charge in [0.05, 0.1) is 56.1 Å². The molecule has 4 atom stereocenters. The number of halogens is 4. The number of aromatic amines is 2. The van der Waals surface area contributed by atoms with Crippen molar-refractivity contribution in [3.05, 3.63) is 83.7 Å². The zero-order valence-electron chi connectivity index (χ0n) is 32.0. The number of hydrogen-bond donors (Lipinski definition) is 3. The Hall–Kier alpha value is -5.65. The van der Waals surface area contributed by atoms with Crippen LogP contribution in [0.15, 0.2) is 60.9 Å². The predicted octanol–water partition coefficient (Wildman–Crippen LogP) is 7.36. The molecule has 0 aliphatic carbocycles. The number of H-pyrrole nitrogens is 2. The van der Waals surface area contributed by atoms with Gasteiger partial charge in [0.15, 0.2) is 0 Å². The molecule has 6 rings (SSSR count). The Morgan fingerprint density at radius 3 is 1.55 bits per heavy atom. The fourth-order valence-electron chi connectivity index (χ4n) is 6.93. The molecule has 4 aromatic rings. The molecule has 0 radical (unpaired) electrons. The number of ether oxygens (including phenoxy) is 1. The van der Waals surface area contributed by atoms with Gasteiger partial charge in [0.2, 0.25) is 11.8 Å². The molecule has 0 bridgehead atoms. The number of aromatic nitrogens is 4. The molecular formula is C41H45F4N7O4. The van der Waals surface area contributed by atoms with E-state index >= 15 is 0 Å². The Balaban J connectivity index is 1.11. The van der Waals surface area contributed by atoms with Gasteiger partial charge in [-0.2, -0.15) is 0 Å². The van der Waals surface area contributed by atoms with E-state index in [1.54, 1.807) is 27.0 Å². The molecule has 11 nitrogen and oxygen atoms in total. The fraction of sp³-hybridized carbons (Fsp3) is 0.439. The first kappa shape index (κ1) is 40.0. The van der Waals surface area contributed by atoms with Gasteiger partial charge in [-0.25, -0.2) is 32.3 Å². The topological polar surface area (TPSA) is 136 Å². The summed E-state index contributed by atoms with van der Waals surface area (Å²) in [6.07, 6.45) is 1.17. The highest BCUT2D eigenvalue weighted by Crippen LogP contribution is 2.43. The summed E-state index contributed by atoms with van der Waals surface area (Å²) < 4.78 is 63.1. The molecule has 0 spiro atoms. The number of likely N-dealkylation sites (tertiary alicyclic amines) is 2. The summed E-state index contributed by atoms with van der Waals surface area (Å²) in [4.78, 5) is 55.7. The molecular weight excluding hydrogens is 730 g/mol. The lowest BCUT2D eigenvalue weighted by atomic mass is 9.96. The molecule has 0 unspecified atom stereocenters. The molecule has 2 fully saturated rings. The second-order valence-electron chi connectivity index (χ2n) is 15.2. The van der Waals surface area contributed by atoms with Crippen molar-refractivity contribution >= 4 is 17.9 Å². The van der Waals surface area contributed by atoms with Crippen molar-refractivity contribution in [3.8, 4) is 34.4 Å². The first-order valence-corrected chi connectivity index (χ1v) is 18.5. The number of amides is 3. The average Bonchev–Trinajstić information content (AvgIpc) is 3.97. The zero-order chi connectivity index (χ0) is 40.5. The van der Waals surface area contributed by atoms with E-state index in [0.29, 0.717) is 17.2 Å². The molecule has 3 amide bonds. The van der Waals surface area contributed by atoms with E-state index in [-0.39, 0.29) is 23.6 Å². The van der Waals surface area contributed by atoms with Gasteiger partial charge in [0, 0.05) is 29.9 Å². The maximum absolute atomic E-state index is 14.7. The van der Waals surface area contributed by atoms with E-state index in [9.17, 15) is 31.9 Å². The fourth-order valence-corrected chi connectivity index (χ4v) is 6.93. The summed E-state index contributed by atoms with van der Waals surface area (Å²) >= 11 is 0. The number of alkyl halides is 4. The summed E-state index contributed by atoms with van der Waals surface area (Å²) in [7, 11) is 1.16. The smallest absolute Gasteiger partial charge is 0.407 e. The highest BCUT2D eigenvalue weighted by atomic mass is 19.3. The Kier molecular flexibility index (Phi) is 11.3. The molecule has 4 heterocycles. The van der Waals surface area contributed by atoms with Crippen molar-refractivity contribution in [2.24, 2.45) is 17.8 Å². The van der Waals surface area contributed by atoms with E-state index in [1.165, 1.54) is 11.1 Å². The molecule has 2 aromatic heterocycles. The Labute approximate surface area is 322 Å². The van der Waals surface area contributed by atoms with Gasteiger partial charge in [0.1, 0.15) is 17.7 Å². The number of rotatable bonds is 9. The normalized spacial score (nSPS) is 19.8. The van der Waals surface area contributed by atoms with Crippen LogP contribution in [0.2, 0.25) is 0 Å². The second-order valence-corrected chi connectivity index (χ2v) is 15.2. The van der Waals surface area contributed by atoms with Crippen molar-refractivity contribution in [2.75, 3.05) is 20.2 Å². The quantitative estimate of drug-likeness (QED) is 0.120. The van der Waals surface area contributed by atoms with E-state index in [1.807, 2.05) is 62.4 Å². The van der Waals surface area contributed by atoms with E-state index < -0.39 is 73.8 Å². The number of methoxy groups -OCH3 is 1. The maximum Gasteiger partial charge on any atom is 0.407 e. The summed E-state index contributed by atoms with van der Waals surface area (Å²) in [6, 6.07) is 11.7. The lowest BCUT2D eigenvalue weighted by Crippen LogP contribution is -2.51. The number of hydrogen-bond acceptors (Lipinski definition) is 6. The predicted molar refractivity (Wildman–Crippen MR) is 200 cm³/mol. The van der Waals surface area contributed by atoms with Crippen molar-refractivity contribution in [1.29, 1.82) is 0 Å². The SMILES string of the molecule is COC(=O)N[C@H](C(=O)N1CC(F)(F)C[C@H]1c1ncc(-c2ccc(C#Cc3ccc(-c4cnc([C@@H]5CC(F)(F)CN5C(=O)[C@@H](C)C(C)C)[nH]4)cc3)cc2)[nH]1)C(C)C. The van der Waals surface area contributed by atoms with Crippen LogP contribution in [0.5, 0.6) is 0 Å². The zero-order valence-corrected chi connectivity index (χ0v) is 32.0. The largest absolute Gasteiger partial charge is 0.453 e. The van der Waals surface area contributed by atoms with E-state index in [2.05, 4.69) is 41.8 Å². The summed E-state index contributed by atoms with van der Waals surface area (Å²) in [5, 5.41) is 2.46. The van der Waals surface area contributed by atoms with Crippen LogP contribution in [-0.4, -0.2) is 85.7 Å². The second kappa shape index (κ2) is 15.8. The molecule has 2 aromatic carbocycles. The number of nitrogens with zero attached hydrogens (tertiary/aromatic N) is 4. The third kappa shape index (κ3) is 8.74. The van der Waals surface area contributed by atoms with Crippen LogP contribution in [0, 0.1) is 29.6 Å². The van der Waals surface area contributed by atoms with Gasteiger partial charge >= 0.3 is 6.09 Å². The molecule has 2 aliphatic rings. The number of carbonyl (C=O) groups is 3. The van der Waals surface area contributed by atoms with Crippen LogP contribution in [0.4, 0.5) is 22.4 Å². The molecule has 2 saturated heterocycles. The Morgan fingerprint density at radius 2 is 1.16 bits per heavy atom. The van der Waals surface area contributed by atoms with Crippen LogP contribution in [0.3, 0.4) is 0 Å². The Morgan fingerprint density at radius 1 is 0.732 bits per heavy atom. The van der Waals surface area contributed by atoms with Crippen molar-refractivity contribution < 1.29 is 36.7 Å². The van der Waals surface area contributed by atoms with Gasteiger partial charge in [0.25, 0.3) is 11.8 Å². The van der Waals surface area contributed by atoms with Crippen LogP contribution in [0.1, 0.15) is 82.3 Å². The minimum Gasteiger partial charge on any atom is -0.453 e. The highest BCUT2D eigenvalue weighted by Gasteiger charge is 2.51. The lowest BCUT2D eigenvalue weighted by molar-refractivity contribution is -0.138. The van der Waals surface area contributed by atoms with Crippen LogP contribution < -0.4 is 5.32 Å². The van der Waals surface area contributed by atoms with Crippen LogP contribution in [-0.2, 0) is 14.3 Å². The first-order chi connectivity index (χ1) is 26.4. The molecule has 0 saturated carbocycles. The van der Waals surface area contributed by atoms with Crippen molar-refractivity contribution in [2.45, 2.75) is 77.4 Å². The van der Waals surface area contributed by atoms with Gasteiger partial charge < -0.3 is 29.8 Å². The van der Waals surface area contributed by atoms with Gasteiger partial charge in [-0.3, -0.25) is 9.59 Å². The number of imidazole rings is 2. The van der Waals surface area contributed by atoms with Crippen molar-refractivity contribution in [3.63, 3.8) is 0 Å². The third-order valence-electron chi connectivity index (χ3n) is 10.5. The minimum atomic E-state index is -3.14. The molecule has 296 valence electrons. The highest BCUT2D eigenvalue weighted by molar-refractivity contribution is 5.86. The standard InChI is InChI=1S/C41H45F4N7O4/c1-23(2)25(5)37(53)51-21-40(42,43)17-32(51)35-46-19-30(48-35)28-13-9-26(10-14-28)7-8-27-11-15-29(16-12-27)31-20-47-36(49-31)33-18-41(44,45)22-52(33)38(54)34(24(3)4)50-39(55)56-6/h9-16,19-20,23-25,32-34H,17-18,21-22H2,1-6H3,(H,46,48)(H,47,49)(H,50,55)/t25-,32-,33-,34-/m0/s1. The number of benzene rings is 2. The van der Waals surface area contributed by atoms with Crippen LogP contribution in [0.25, 0.3) is 22.5 Å². The van der Waals surface area contributed by atoms with Crippen LogP contribution >= 0.6 is 0 Å². The average molecular weight is 776 g/mol. The maximum atomic E-state index is 14.7. The van der Waals surface area contributed by atoms with E-state index in [0.717, 1.165) is 34.3 Å². The molecule has 2 aliphatic heterocycles. The molecule has 3 N–H and O–H groups in total. The Bertz CT molecular complexity index is 2120. The monoisotopic (exact) mass is 775 g/mol.